The number of carbonyl (C=O) groups excluding carboxylic acids is 3. The number of unbranched alkanes of at least 4 members (excludes halogenated alkanes) is 3. The number of carboxylic acid groups (broad SMARTS) is 2. The van der Waals surface area contributed by atoms with Crippen LogP contribution in [0.5, 0.6) is 0 Å². The van der Waals surface area contributed by atoms with Crippen LogP contribution in [0.3, 0.4) is 0 Å². The predicted molar refractivity (Wildman–Crippen MR) is 51.2 cm³/mol. The van der Waals surface area contributed by atoms with Crippen LogP contribution < -0.4 is 10.2 Å². The number of carboxylic acids is 2. The average Bonchev–Trinajstić information content (AvgIpc) is 2.03. The third-order valence-corrected chi connectivity index (χ3v) is 0.882. The predicted octanol–water partition coefficient (Wildman–Crippen LogP) is -0.814. The first-order valence-electron chi connectivity index (χ1n) is 4.58. The molecule has 0 aliphatic heterocycles. The molecule has 0 heterocycles. The van der Waals surface area contributed by atoms with Crippen molar-refractivity contribution in [2.75, 3.05) is 0 Å². The van der Waals surface area contributed by atoms with Crippen LogP contribution in [0.25, 0.3) is 0 Å². The van der Waals surface area contributed by atoms with E-state index in [2.05, 4.69) is 6.92 Å². The first-order valence-corrected chi connectivity index (χ1v) is 4.58. The van der Waals surface area contributed by atoms with E-state index in [1.807, 2.05) is 6.29 Å². The maximum atomic E-state index is 9.55. The molecule has 0 aromatic carbocycles. The van der Waals surface area contributed by atoms with Gasteiger partial charge in [0, 0.05) is 11.9 Å². The maximum Gasteiger partial charge on any atom is 3.00 e. The van der Waals surface area contributed by atoms with E-state index in [1.54, 1.807) is 0 Å². The van der Waals surface area contributed by atoms with Crippen LogP contribution in [0, 0.1) is 0 Å². The summed E-state index contributed by atoms with van der Waals surface area (Å²) in [5.74, 6) is -2.17. The van der Waals surface area contributed by atoms with Crippen molar-refractivity contribution in [2.45, 2.75) is 46.5 Å². The quantitative estimate of drug-likeness (QED) is 0.491. The fourth-order valence-electron chi connectivity index (χ4n) is 0.447. The van der Waals surface area contributed by atoms with Gasteiger partial charge in [0.1, 0.15) is 0 Å². The average molecular weight is 269 g/mol. The molecule has 0 saturated carbocycles. The minimum absolute atomic E-state index is 0. The third-order valence-electron chi connectivity index (χ3n) is 0.882. The van der Waals surface area contributed by atoms with Crippen molar-refractivity contribution in [3.05, 3.63) is 0 Å². The molecular formula is C10H17CrO5. The molecule has 0 aromatic rings. The molecule has 5 nitrogen and oxygen atoms in total. The summed E-state index contributed by atoms with van der Waals surface area (Å²) in [6.07, 6.45) is 5.83. The fourth-order valence-corrected chi connectivity index (χ4v) is 0.447. The summed E-state index contributed by atoms with van der Waals surface area (Å²) >= 11 is 0. The zero-order valence-electron chi connectivity index (χ0n) is 9.78. The van der Waals surface area contributed by atoms with Gasteiger partial charge in [0.25, 0.3) is 0 Å². The molecular weight excluding hydrogens is 252 g/mol. The largest absolute Gasteiger partial charge is 3.00 e. The molecule has 0 aromatic heterocycles. The van der Waals surface area contributed by atoms with Crippen molar-refractivity contribution < 1.29 is 42.0 Å². The smallest absolute Gasteiger partial charge is 0.550 e. The first-order chi connectivity index (χ1) is 6.88. The summed E-state index contributed by atoms with van der Waals surface area (Å²) in [4.78, 5) is 27.3. The number of rotatable bonds is 4. The SMILES string of the molecule is CC(=O)[O-].CC(=O)[O-].CCCCC[C-]=O.[Cr+3]. The molecule has 0 bridgehead atoms. The number of carbonyl (C=O) groups is 2. The van der Waals surface area contributed by atoms with Crippen molar-refractivity contribution in [1.82, 2.24) is 0 Å². The van der Waals surface area contributed by atoms with Gasteiger partial charge in [0.2, 0.25) is 0 Å². The summed E-state index contributed by atoms with van der Waals surface area (Å²) in [7, 11) is 0. The van der Waals surface area contributed by atoms with Crippen molar-refractivity contribution in [3.8, 4) is 0 Å². The Balaban J connectivity index is -0.0000000700. The van der Waals surface area contributed by atoms with E-state index in [9.17, 15) is 4.79 Å². The normalized spacial score (nSPS) is 6.94. The molecule has 0 rings (SSSR count). The second-order valence-corrected chi connectivity index (χ2v) is 2.58. The van der Waals surface area contributed by atoms with Gasteiger partial charge >= 0.3 is 17.4 Å². The minimum atomic E-state index is -1.08. The fraction of sp³-hybridized carbons (Fsp3) is 0.700. The van der Waals surface area contributed by atoms with Gasteiger partial charge in [-0.3, -0.25) is 6.29 Å². The molecule has 0 N–H and O–H groups in total. The third kappa shape index (κ3) is 196. The van der Waals surface area contributed by atoms with Crippen LogP contribution in [0.1, 0.15) is 46.5 Å². The zero-order chi connectivity index (χ0) is 12.7. The van der Waals surface area contributed by atoms with Crippen LogP contribution in [0.2, 0.25) is 0 Å². The Kier molecular flexibility index (Phi) is 36.2. The van der Waals surface area contributed by atoms with E-state index in [4.69, 9.17) is 19.8 Å². The van der Waals surface area contributed by atoms with E-state index in [-0.39, 0.29) is 17.4 Å². The van der Waals surface area contributed by atoms with Gasteiger partial charge in [0.05, 0.1) is 0 Å². The van der Waals surface area contributed by atoms with Gasteiger partial charge in [-0.2, -0.15) is 6.42 Å². The number of hydrogen-bond donors (Lipinski definition) is 0. The molecule has 0 atom stereocenters. The van der Waals surface area contributed by atoms with E-state index in [0.29, 0.717) is 6.42 Å². The molecule has 16 heavy (non-hydrogen) atoms. The summed E-state index contributed by atoms with van der Waals surface area (Å²) in [6.45, 7) is 4.06. The summed E-state index contributed by atoms with van der Waals surface area (Å²) in [6, 6.07) is 0. The monoisotopic (exact) mass is 269 g/mol. The molecule has 0 saturated heterocycles. The van der Waals surface area contributed by atoms with Gasteiger partial charge in [-0.15, -0.1) is 0 Å². The van der Waals surface area contributed by atoms with Crippen LogP contribution in [0.15, 0.2) is 0 Å². The van der Waals surface area contributed by atoms with Gasteiger partial charge in [0.15, 0.2) is 0 Å². The molecule has 0 fully saturated rings. The first kappa shape index (κ1) is 24.4. The van der Waals surface area contributed by atoms with Crippen LogP contribution in [-0.2, 0) is 31.7 Å². The topological polar surface area (TPSA) is 97.3 Å². The maximum absolute atomic E-state index is 9.55. The van der Waals surface area contributed by atoms with Crippen molar-refractivity contribution >= 4 is 18.2 Å². The van der Waals surface area contributed by atoms with Gasteiger partial charge in [-0.25, -0.2) is 0 Å². The molecule has 0 aliphatic rings. The van der Waals surface area contributed by atoms with E-state index in [1.165, 1.54) is 6.42 Å². The van der Waals surface area contributed by atoms with Crippen molar-refractivity contribution in [2.24, 2.45) is 0 Å². The van der Waals surface area contributed by atoms with Crippen molar-refractivity contribution in [3.63, 3.8) is 0 Å². The molecule has 6 heteroatoms. The number of aliphatic carboxylic acids is 2. The Morgan fingerprint density at radius 2 is 1.38 bits per heavy atom. The van der Waals surface area contributed by atoms with Crippen LogP contribution in [0.4, 0.5) is 0 Å². The molecule has 0 aliphatic carbocycles. The summed E-state index contributed by atoms with van der Waals surface area (Å²) in [5.41, 5.74) is 0. The molecule has 0 amide bonds. The summed E-state index contributed by atoms with van der Waals surface area (Å²) < 4.78 is 0. The molecule has 93 valence electrons. The van der Waals surface area contributed by atoms with E-state index < -0.39 is 11.9 Å². The Morgan fingerprint density at radius 1 is 1.06 bits per heavy atom. The van der Waals surface area contributed by atoms with Crippen LogP contribution in [-0.4, -0.2) is 18.2 Å². The molecule has 1 radical (unpaired) electrons. The van der Waals surface area contributed by atoms with Gasteiger partial charge in [-0.1, -0.05) is 26.2 Å². The Morgan fingerprint density at radius 3 is 1.56 bits per heavy atom. The van der Waals surface area contributed by atoms with E-state index in [0.717, 1.165) is 26.7 Å². The Labute approximate surface area is 107 Å². The molecule has 0 unspecified atom stereocenters. The van der Waals surface area contributed by atoms with Gasteiger partial charge in [-0.05, 0) is 13.8 Å². The van der Waals surface area contributed by atoms with Gasteiger partial charge < -0.3 is 24.6 Å². The van der Waals surface area contributed by atoms with E-state index >= 15 is 0 Å². The van der Waals surface area contributed by atoms with Crippen molar-refractivity contribution in [1.29, 1.82) is 0 Å². The Bertz CT molecular complexity index is 151. The zero-order valence-corrected chi connectivity index (χ0v) is 11.1. The second-order valence-electron chi connectivity index (χ2n) is 2.58. The summed E-state index contributed by atoms with van der Waals surface area (Å²) in [5, 5.41) is 17.8. The second kappa shape index (κ2) is 23.7. The molecule has 0 spiro atoms. The number of hydrogen-bond acceptors (Lipinski definition) is 5. The standard InChI is InChI=1S/C6H11O.2C2H4O2.Cr/c1-2-3-4-5-6-7;2*1-2(3)4;/h2-5H2,1H3;2*1H3,(H,3,4);/q-1;;;+3/p-2. The minimum Gasteiger partial charge on any atom is -0.550 e. The Hall–Kier alpha value is -0.858. The van der Waals surface area contributed by atoms with Crippen LogP contribution >= 0.6 is 0 Å².